The number of fused-ring (bicyclic) bond motifs is 1. The minimum Gasteiger partial charge on any atom is -0.506 e. The van der Waals surface area contributed by atoms with Gasteiger partial charge in [0.25, 0.3) is 0 Å². The molecule has 4 nitrogen and oxygen atoms in total. The van der Waals surface area contributed by atoms with Gasteiger partial charge in [0.1, 0.15) is 17.1 Å². The summed E-state index contributed by atoms with van der Waals surface area (Å²) < 4.78 is 2.12. The summed E-state index contributed by atoms with van der Waals surface area (Å²) in [6.07, 6.45) is 0.834. The van der Waals surface area contributed by atoms with Crippen molar-refractivity contribution in [1.82, 2.24) is 14.5 Å². The van der Waals surface area contributed by atoms with Gasteiger partial charge < -0.3 is 9.67 Å². The molecular weight excluding hydrogens is 298 g/mol. The van der Waals surface area contributed by atoms with Crippen LogP contribution >= 0.6 is 11.6 Å². The Labute approximate surface area is 134 Å². The third-order valence-corrected chi connectivity index (χ3v) is 4.07. The number of phenols is 1. The van der Waals surface area contributed by atoms with Gasteiger partial charge in [-0.25, -0.2) is 9.97 Å². The van der Waals surface area contributed by atoms with E-state index in [0.29, 0.717) is 11.6 Å². The van der Waals surface area contributed by atoms with Crippen molar-refractivity contribution in [3.63, 3.8) is 0 Å². The van der Waals surface area contributed by atoms with Gasteiger partial charge in [0, 0.05) is 12.1 Å². The molecule has 3 rings (SSSR count). The zero-order valence-corrected chi connectivity index (χ0v) is 13.6. The Hall–Kier alpha value is -2.07. The van der Waals surface area contributed by atoms with E-state index in [9.17, 15) is 5.11 Å². The molecule has 22 heavy (non-hydrogen) atoms. The van der Waals surface area contributed by atoms with Crippen molar-refractivity contribution in [2.24, 2.45) is 0 Å². The number of halogens is 1. The quantitative estimate of drug-likeness (QED) is 0.794. The molecule has 0 saturated carbocycles. The van der Waals surface area contributed by atoms with Crippen LogP contribution in [0.5, 0.6) is 5.75 Å². The van der Waals surface area contributed by atoms with Gasteiger partial charge in [-0.3, -0.25) is 0 Å². The molecule has 0 aliphatic rings. The molecule has 114 valence electrons. The van der Waals surface area contributed by atoms with E-state index >= 15 is 0 Å². The summed E-state index contributed by atoms with van der Waals surface area (Å²) in [7, 11) is 0. The Kier molecular flexibility index (Phi) is 3.79. The Bertz CT molecular complexity index is 855. The van der Waals surface area contributed by atoms with E-state index in [1.165, 1.54) is 0 Å². The van der Waals surface area contributed by atoms with E-state index in [-0.39, 0.29) is 5.75 Å². The molecule has 2 aromatic heterocycles. The molecule has 0 unspecified atom stereocenters. The highest BCUT2D eigenvalue weighted by molar-refractivity contribution is 6.32. The van der Waals surface area contributed by atoms with Gasteiger partial charge in [-0.05, 0) is 43.2 Å². The standard InChI is InChI=1S/C17H18ClN3O/c1-4-15-20-16-10(2)7-11(3)19-17(16)21(15)9-12-5-6-14(22)13(18)8-12/h5-8,22H,4,9H2,1-3H3. The number of rotatable bonds is 3. The number of aromatic nitrogens is 3. The molecule has 0 aliphatic carbocycles. The first-order valence-electron chi connectivity index (χ1n) is 7.30. The molecule has 0 aliphatic heterocycles. The molecular formula is C17H18ClN3O. The van der Waals surface area contributed by atoms with E-state index in [1.54, 1.807) is 12.1 Å². The molecule has 0 atom stereocenters. The fraction of sp³-hybridized carbons (Fsp3) is 0.294. The van der Waals surface area contributed by atoms with E-state index in [1.807, 2.05) is 13.0 Å². The van der Waals surface area contributed by atoms with Crippen LogP contribution in [-0.4, -0.2) is 19.6 Å². The minimum atomic E-state index is 0.0986. The second kappa shape index (κ2) is 5.61. The van der Waals surface area contributed by atoms with Crippen LogP contribution in [0.3, 0.4) is 0 Å². The molecule has 3 aromatic rings. The van der Waals surface area contributed by atoms with E-state index in [4.69, 9.17) is 16.6 Å². The van der Waals surface area contributed by atoms with Crippen molar-refractivity contribution in [3.05, 3.63) is 51.9 Å². The van der Waals surface area contributed by atoms with Crippen LogP contribution in [-0.2, 0) is 13.0 Å². The number of hydrogen-bond donors (Lipinski definition) is 1. The molecule has 2 heterocycles. The average molecular weight is 316 g/mol. The molecule has 0 saturated heterocycles. The topological polar surface area (TPSA) is 50.9 Å². The summed E-state index contributed by atoms with van der Waals surface area (Å²) in [5.74, 6) is 1.10. The molecule has 0 amide bonds. The maximum atomic E-state index is 9.55. The number of benzene rings is 1. The van der Waals surface area contributed by atoms with Gasteiger partial charge in [-0.15, -0.1) is 0 Å². The maximum Gasteiger partial charge on any atom is 0.160 e. The van der Waals surface area contributed by atoms with Gasteiger partial charge in [0.05, 0.1) is 11.6 Å². The highest BCUT2D eigenvalue weighted by atomic mass is 35.5. The third kappa shape index (κ3) is 2.55. The molecule has 0 spiro atoms. The van der Waals surface area contributed by atoms with Gasteiger partial charge in [0.2, 0.25) is 0 Å². The summed E-state index contributed by atoms with van der Waals surface area (Å²) in [4.78, 5) is 9.39. The van der Waals surface area contributed by atoms with Crippen molar-refractivity contribution in [2.75, 3.05) is 0 Å². The third-order valence-electron chi connectivity index (χ3n) is 3.77. The highest BCUT2D eigenvalue weighted by Crippen LogP contribution is 2.26. The average Bonchev–Trinajstić information content (AvgIpc) is 2.81. The van der Waals surface area contributed by atoms with Crippen LogP contribution in [0.4, 0.5) is 0 Å². The molecule has 5 heteroatoms. The van der Waals surface area contributed by atoms with Gasteiger partial charge in [0.15, 0.2) is 5.65 Å². The SMILES string of the molecule is CCc1nc2c(C)cc(C)nc2n1Cc1ccc(O)c(Cl)c1. The second-order valence-corrected chi connectivity index (χ2v) is 5.91. The summed E-state index contributed by atoms with van der Waals surface area (Å²) in [6, 6.07) is 7.32. The zero-order valence-electron chi connectivity index (χ0n) is 12.9. The van der Waals surface area contributed by atoms with Crippen LogP contribution in [0, 0.1) is 13.8 Å². The minimum absolute atomic E-state index is 0.0986. The van der Waals surface area contributed by atoms with Crippen molar-refractivity contribution in [2.45, 2.75) is 33.7 Å². The number of imidazole rings is 1. The molecule has 1 N–H and O–H groups in total. The van der Waals surface area contributed by atoms with E-state index in [0.717, 1.165) is 40.2 Å². The van der Waals surface area contributed by atoms with E-state index < -0.39 is 0 Å². The number of phenolic OH excluding ortho intramolecular Hbond substituents is 1. The molecule has 0 radical (unpaired) electrons. The lowest BCUT2D eigenvalue weighted by molar-refractivity contribution is 0.475. The van der Waals surface area contributed by atoms with E-state index in [2.05, 4.69) is 29.5 Å². The molecule has 0 bridgehead atoms. The first-order chi connectivity index (χ1) is 10.5. The Morgan fingerprint density at radius 3 is 2.64 bits per heavy atom. The van der Waals surface area contributed by atoms with Crippen LogP contribution < -0.4 is 0 Å². The normalized spacial score (nSPS) is 11.3. The first kappa shape index (κ1) is 14.9. The van der Waals surface area contributed by atoms with Crippen LogP contribution in [0.1, 0.15) is 29.6 Å². The fourth-order valence-electron chi connectivity index (χ4n) is 2.72. The van der Waals surface area contributed by atoms with Crippen molar-refractivity contribution >= 4 is 22.8 Å². The van der Waals surface area contributed by atoms with Crippen LogP contribution in [0.25, 0.3) is 11.2 Å². The molecule has 0 fully saturated rings. The summed E-state index contributed by atoms with van der Waals surface area (Å²) in [6.45, 7) is 6.78. The van der Waals surface area contributed by atoms with Crippen molar-refractivity contribution in [1.29, 1.82) is 0 Å². The number of aryl methyl sites for hydroxylation is 3. The Balaban J connectivity index is 2.14. The monoisotopic (exact) mass is 315 g/mol. The number of nitrogens with zero attached hydrogens (tertiary/aromatic N) is 3. The van der Waals surface area contributed by atoms with Gasteiger partial charge >= 0.3 is 0 Å². The zero-order chi connectivity index (χ0) is 15.9. The predicted octanol–water partition coefficient (Wildman–Crippen LogP) is 4.02. The number of hydrogen-bond acceptors (Lipinski definition) is 3. The predicted molar refractivity (Wildman–Crippen MR) is 88.6 cm³/mol. The largest absolute Gasteiger partial charge is 0.506 e. The van der Waals surface area contributed by atoms with Gasteiger partial charge in [-0.2, -0.15) is 0 Å². The summed E-state index contributed by atoms with van der Waals surface area (Å²) >= 11 is 6.01. The highest BCUT2D eigenvalue weighted by Gasteiger charge is 2.14. The van der Waals surface area contributed by atoms with Crippen LogP contribution in [0.2, 0.25) is 5.02 Å². The lowest BCUT2D eigenvalue weighted by Crippen LogP contribution is -2.05. The Morgan fingerprint density at radius 2 is 1.95 bits per heavy atom. The van der Waals surface area contributed by atoms with Crippen molar-refractivity contribution in [3.8, 4) is 5.75 Å². The summed E-state index contributed by atoms with van der Waals surface area (Å²) in [5.41, 5.74) is 4.99. The molecule has 1 aromatic carbocycles. The van der Waals surface area contributed by atoms with Gasteiger partial charge in [-0.1, -0.05) is 24.6 Å². The first-order valence-corrected chi connectivity index (χ1v) is 7.68. The fourth-order valence-corrected chi connectivity index (χ4v) is 2.92. The Morgan fingerprint density at radius 1 is 1.18 bits per heavy atom. The smallest absolute Gasteiger partial charge is 0.160 e. The number of aromatic hydroxyl groups is 1. The van der Waals surface area contributed by atoms with Crippen LogP contribution in [0.15, 0.2) is 24.3 Å². The lowest BCUT2D eigenvalue weighted by Gasteiger charge is -2.09. The summed E-state index contributed by atoms with van der Waals surface area (Å²) in [5, 5.41) is 9.91. The lowest BCUT2D eigenvalue weighted by atomic mass is 10.2. The van der Waals surface area contributed by atoms with Crippen molar-refractivity contribution < 1.29 is 5.11 Å². The second-order valence-electron chi connectivity index (χ2n) is 5.51. The maximum absolute atomic E-state index is 9.55. The number of pyridine rings is 1.